The number of piperidine rings is 1. The topological polar surface area (TPSA) is 66.8 Å². The van der Waals surface area contributed by atoms with E-state index in [1.54, 1.807) is 6.33 Å². The van der Waals surface area contributed by atoms with Gasteiger partial charge >= 0.3 is 0 Å². The van der Waals surface area contributed by atoms with Crippen molar-refractivity contribution in [1.29, 1.82) is 0 Å². The van der Waals surface area contributed by atoms with E-state index in [-0.39, 0.29) is 11.8 Å². The number of fused-ring (bicyclic) bond motifs is 1. The molecule has 130 valence electrons. The maximum atomic E-state index is 13.0. The summed E-state index contributed by atoms with van der Waals surface area (Å²) >= 11 is 0. The van der Waals surface area contributed by atoms with Crippen LogP contribution < -0.4 is 0 Å². The second-order valence-corrected chi connectivity index (χ2v) is 7.03. The van der Waals surface area contributed by atoms with Crippen LogP contribution in [0.5, 0.6) is 0 Å². The molecule has 1 aliphatic heterocycles. The average Bonchev–Trinajstić information content (AvgIpc) is 3.18. The second kappa shape index (κ2) is 6.02. The summed E-state index contributed by atoms with van der Waals surface area (Å²) in [7, 11) is 1.96. The largest absolute Gasteiger partial charge is 0.358 e. The lowest BCUT2D eigenvalue weighted by atomic mass is 9.96. The number of hydrogen-bond donors (Lipinski definition) is 1. The van der Waals surface area contributed by atoms with E-state index in [0.29, 0.717) is 6.54 Å². The van der Waals surface area contributed by atoms with Gasteiger partial charge in [0.2, 0.25) is 0 Å². The van der Waals surface area contributed by atoms with E-state index in [4.69, 9.17) is 0 Å². The highest BCUT2D eigenvalue weighted by Crippen LogP contribution is 2.27. The Kier molecular flexibility index (Phi) is 3.82. The Bertz CT molecular complexity index is 939. The van der Waals surface area contributed by atoms with Gasteiger partial charge in [-0.15, -0.1) is 10.2 Å². The molecule has 1 aromatic carbocycles. The van der Waals surface area contributed by atoms with Gasteiger partial charge in [0.15, 0.2) is 0 Å². The van der Waals surface area contributed by atoms with Crippen molar-refractivity contribution in [3.05, 3.63) is 47.2 Å². The number of carbonyl (C=O) groups excluding carboxylic acids is 1. The Labute approximate surface area is 146 Å². The average molecular weight is 337 g/mol. The van der Waals surface area contributed by atoms with E-state index in [1.165, 1.54) is 5.56 Å². The minimum Gasteiger partial charge on any atom is -0.358 e. The summed E-state index contributed by atoms with van der Waals surface area (Å²) in [6, 6.07) is 5.95. The number of aromatic amines is 1. The molecule has 0 radical (unpaired) electrons. The number of aryl methyl sites for hydroxylation is 3. The Morgan fingerprint density at radius 2 is 2.16 bits per heavy atom. The minimum atomic E-state index is 0.104. The van der Waals surface area contributed by atoms with Crippen molar-refractivity contribution in [2.75, 3.05) is 13.1 Å². The van der Waals surface area contributed by atoms with Crippen molar-refractivity contribution in [3.8, 4) is 0 Å². The lowest BCUT2D eigenvalue weighted by Crippen LogP contribution is -2.39. The number of hydrogen-bond acceptors (Lipinski definition) is 3. The molecular weight excluding hydrogens is 314 g/mol. The Morgan fingerprint density at radius 1 is 1.32 bits per heavy atom. The summed E-state index contributed by atoms with van der Waals surface area (Å²) in [6.45, 7) is 5.66. The summed E-state index contributed by atoms with van der Waals surface area (Å²) in [5.41, 5.74) is 4.20. The molecule has 0 saturated carbocycles. The highest BCUT2D eigenvalue weighted by molar-refractivity contribution is 5.99. The van der Waals surface area contributed by atoms with Gasteiger partial charge < -0.3 is 14.5 Å². The minimum absolute atomic E-state index is 0.104. The van der Waals surface area contributed by atoms with Crippen molar-refractivity contribution < 1.29 is 4.79 Å². The summed E-state index contributed by atoms with van der Waals surface area (Å²) in [6.07, 6.45) is 3.76. The fraction of sp³-hybridized carbons (Fsp3) is 0.421. The van der Waals surface area contributed by atoms with Crippen LogP contribution in [0.4, 0.5) is 0 Å². The predicted octanol–water partition coefficient (Wildman–Crippen LogP) is 2.93. The van der Waals surface area contributed by atoms with Gasteiger partial charge in [-0.2, -0.15) is 0 Å². The zero-order chi connectivity index (χ0) is 17.6. The molecule has 1 amide bonds. The normalized spacial score (nSPS) is 18.0. The second-order valence-electron chi connectivity index (χ2n) is 7.03. The highest BCUT2D eigenvalue weighted by atomic mass is 16.2. The molecule has 1 saturated heterocycles. The molecule has 1 atom stereocenters. The quantitative estimate of drug-likeness (QED) is 0.782. The third kappa shape index (κ3) is 2.71. The van der Waals surface area contributed by atoms with Gasteiger partial charge in [0.1, 0.15) is 12.2 Å². The number of H-pyrrole nitrogens is 1. The van der Waals surface area contributed by atoms with Gasteiger partial charge in [-0.05, 0) is 50.5 Å². The zero-order valence-electron chi connectivity index (χ0n) is 14.9. The van der Waals surface area contributed by atoms with E-state index in [0.717, 1.165) is 47.4 Å². The fourth-order valence-electron chi connectivity index (χ4n) is 3.81. The number of nitrogens with zero attached hydrogens (tertiary/aromatic N) is 4. The van der Waals surface area contributed by atoms with Gasteiger partial charge in [0, 0.05) is 48.2 Å². The van der Waals surface area contributed by atoms with Gasteiger partial charge in [-0.1, -0.05) is 0 Å². The first-order valence-corrected chi connectivity index (χ1v) is 8.76. The number of likely N-dealkylation sites (tertiary alicyclic amines) is 1. The van der Waals surface area contributed by atoms with E-state index in [9.17, 15) is 4.79 Å². The van der Waals surface area contributed by atoms with Crippen LogP contribution in [0.25, 0.3) is 10.9 Å². The highest BCUT2D eigenvalue weighted by Gasteiger charge is 2.28. The standard InChI is InChI=1S/C19H23N5O/c1-12-13(2)21-17-7-6-14(9-16(12)17)19(25)24-8-4-5-15(10-24)18-22-20-11-23(18)3/h6-7,9,11,15,21H,4-5,8,10H2,1-3H3/t15-/m1/s1. The number of benzene rings is 1. The molecule has 3 heterocycles. The maximum Gasteiger partial charge on any atom is 0.253 e. The van der Waals surface area contributed by atoms with E-state index in [2.05, 4.69) is 29.0 Å². The molecule has 1 N–H and O–H groups in total. The lowest BCUT2D eigenvalue weighted by Gasteiger charge is -2.32. The lowest BCUT2D eigenvalue weighted by molar-refractivity contribution is 0.0703. The third-order valence-electron chi connectivity index (χ3n) is 5.38. The SMILES string of the molecule is Cc1[nH]c2ccc(C(=O)N3CCC[C@@H](c4nncn4C)C3)cc2c1C. The maximum absolute atomic E-state index is 13.0. The van der Waals surface area contributed by atoms with E-state index >= 15 is 0 Å². The van der Waals surface area contributed by atoms with Gasteiger partial charge in [0.05, 0.1) is 0 Å². The van der Waals surface area contributed by atoms with Crippen molar-refractivity contribution in [1.82, 2.24) is 24.6 Å². The van der Waals surface area contributed by atoms with Crippen LogP contribution in [0.1, 0.15) is 46.2 Å². The van der Waals surface area contributed by atoms with Crippen molar-refractivity contribution in [3.63, 3.8) is 0 Å². The number of carbonyl (C=O) groups is 1. The smallest absolute Gasteiger partial charge is 0.253 e. The number of rotatable bonds is 2. The summed E-state index contributed by atoms with van der Waals surface area (Å²) in [5, 5.41) is 9.34. The van der Waals surface area contributed by atoms with Crippen LogP contribution >= 0.6 is 0 Å². The van der Waals surface area contributed by atoms with Crippen LogP contribution in [0.2, 0.25) is 0 Å². The van der Waals surface area contributed by atoms with Crippen molar-refractivity contribution >= 4 is 16.8 Å². The van der Waals surface area contributed by atoms with E-state index in [1.807, 2.05) is 34.7 Å². The molecule has 6 heteroatoms. The zero-order valence-corrected chi connectivity index (χ0v) is 14.9. The summed E-state index contributed by atoms with van der Waals surface area (Å²) in [5.74, 6) is 1.32. The number of nitrogens with one attached hydrogen (secondary N) is 1. The van der Waals surface area contributed by atoms with Gasteiger partial charge in [-0.25, -0.2) is 0 Å². The van der Waals surface area contributed by atoms with Crippen LogP contribution in [0.3, 0.4) is 0 Å². The first-order chi connectivity index (χ1) is 12.0. The van der Waals surface area contributed by atoms with Gasteiger partial charge in [-0.3, -0.25) is 4.79 Å². The van der Waals surface area contributed by atoms with Crippen molar-refractivity contribution in [2.45, 2.75) is 32.6 Å². The molecule has 2 aromatic heterocycles. The van der Waals surface area contributed by atoms with Crippen LogP contribution in [0, 0.1) is 13.8 Å². The number of amides is 1. The fourth-order valence-corrected chi connectivity index (χ4v) is 3.81. The molecule has 6 nitrogen and oxygen atoms in total. The molecule has 0 spiro atoms. The van der Waals surface area contributed by atoms with Gasteiger partial charge in [0.25, 0.3) is 5.91 Å². The molecule has 0 unspecified atom stereocenters. The van der Waals surface area contributed by atoms with Crippen LogP contribution in [0.15, 0.2) is 24.5 Å². The molecule has 1 aliphatic rings. The molecule has 1 fully saturated rings. The molecule has 25 heavy (non-hydrogen) atoms. The molecule has 0 bridgehead atoms. The van der Waals surface area contributed by atoms with Crippen LogP contribution in [-0.2, 0) is 7.05 Å². The predicted molar refractivity (Wildman–Crippen MR) is 96.7 cm³/mol. The Morgan fingerprint density at radius 3 is 2.92 bits per heavy atom. The van der Waals surface area contributed by atoms with Crippen LogP contribution in [-0.4, -0.2) is 43.6 Å². The molecule has 4 rings (SSSR count). The third-order valence-corrected chi connectivity index (χ3v) is 5.38. The summed E-state index contributed by atoms with van der Waals surface area (Å²) in [4.78, 5) is 18.4. The first kappa shape index (κ1) is 15.9. The molecular formula is C19H23N5O. The van der Waals surface area contributed by atoms with Crippen molar-refractivity contribution in [2.24, 2.45) is 7.05 Å². The molecule has 3 aromatic rings. The first-order valence-electron chi connectivity index (χ1n) is 8.76. The summed E-state index contributed by atoms with van der Waals surface area (Å²) < 4.78 is 1.95. The Balaban J connectivity index is 1.60. The molecule has 0 aliphatic carbocycles. The number of aromatic nitrogens is 4. The monoisotopic (exact) mass is 337 g/mol. The Hall–Kier alpha value is -2.63. The van der Waals surface area contributed by atoms with E-state index < -0.39 is 0 Å².